The van der Waals surface area contributed by atoms with Crippen LogP contribution >= 0.6 is 23.1 Å². The van der Waals surface area contributed by atoms with Gasteiger partial charge in [-0.2, -0.15) is 0 Å². The fourth-order valence-corrected chi connectivity index (χ4v) is 4.62. The first-order valence-corrected chi connectivity index (χ1v) is 11.6. The topological polar surface area (TPSA) is 77.5 Å². The van der Waals surface area contributed by atoms with Crippen LogP contribution in [0.5, 0.6) is 11.5 Å². The standard InChI is InChI=1S/C23H24N2O4S2/c1-28-20-9-8-16(12-21(20)29-2)10-11-24-22(27)13-18-14-30-23(25-18)31-15-19(26)17-6-4-3-5-7-17/h3-9,12,14H,10-11,13,15H2,1-2H3,(H,24,27). The highest BCUT2D eigenvalue weighted by molar-refractivity contribution is 8.01. The van der Waals surface area contributed by atoms with E-state index in [1.165, 1.54) is 23.1 Å². The first-order chi connectivity index (χ1) is 15.1. The van der Waals surface area contributed by atoms with E-state index >= 15 is 0 Å². The van der Waals surface area contributed by atoms with Gasteiger partial charge in [0.2, 0.25) is 5.91 Å². The Hall–Kier alpha value is -2.84. The fraction of sp³-hybridized carbons (Fsp3) is 0.261. The number of hydrogen-bond donors (Lipinski definition) is 1. The molecule has 31 heavy (non-hydrogen) atoms. The number of thioether (sulfide) groups is 1. The molecule has 1 heterocycles. The van der Waals surface area contributed by atoms with Gasteiger partial charge in [-0.25, -0.2) is 4.98 Å². The fourth-order valence-electron chi connectivity index (χ4n) is 2.88. The van der Waals surface area contributed by atoms with E-state index in [2.05, 4.69) is 10.3 Å². The van der Waals surface area contributed by atoms with Crippen molar-refractivity contribution in [1.82, 2.24) is 10.3 Å². The Labute approximate surface area is 190 Å². The molecule has 0 saturated carbocycles. The normalized spacial score (nSPS) is 10.5. The molecule has 0 fully saturated rings. The predicted octanol–water partition coefficient (Wildman–Crippen LogP) is 4.04. The van der Waals surface area contributed by atoms with Crippen molar-refractivity contribution in [3.8, 4) is 11.5 Å². The second kappa shape index (κ2) is 11.5. The summed E-state index contributed by atoms with van der Waals surface area (Å²) in [7, 11) is 3.20. The van der Waals surface area contributed by atoms with Crippen LogP contribution in [0, 0.1) is 0 Å². The SMILES string of the molecule is COc1ccc(CCNC(=O)Cc2csc(SCC(=O)c3ccccc3)n2)cc1OC. The molecule has 0 atom stereocenters. The Balaban J connectivity index is 1.42. The van der Waals surface area contributed by atoms with E-state index < -0.39 is 0 Å². The highest BCUT2D eigenvalue weighted by Gasteiger charge is 2.11. The van der Waals surface area contributed by atoms with Gasteiger partial charge in [0.25, 0.3) is 0 Å². The Morgan fingerprint density at radius 1 is 1.06 bits per heavy atom. The van der Waals surface area contributed by atoms with Crippen molar-refractivity contribution < 1.29 is 19.1 Å². The van der Waals surface area contributed by atoms with Crippen LogP contribution in [0.2, 0.25) is 0 Å². The average molecular weight is 457 g/mol. The van der Waals surface area contributed by atoms with Gasteiger partial charge in [0.05, 0.1) is 32.1 Å². The number of amides is 1. The van der Waals surface area contributed by atoms with Crippen molar-refractivity contribution in [1.29, 1.82) is 0 Å². The smallest absolute Gasteiger partial charge is 0.226 e. The predicted molar refractivity (Wildman–Crippen MR) is 124 cm³/mol. The zero-order chi connectivity index (χ0) is 22.1. The molecule has 2 aromatic carbocycles. The number of ketones is 1. The molecule has 0 aliphatic carbocycles. The highest BCUT2D eigenvalue weighted by Crippen LogP contribution is 2.27. The number of nitrogens with one attached hydrogen (secondary N) is 1. The third kappa shape index (κ3) is 6.83. The number of Topliss-reactive ketones (excluding diaryl/α,β-unsaturated/α-hetero) is 1. The maximum atomic E-state index is 12.2. The van der Waals surface area contributed by atoms with Crippen molar-refractivity contribution in [2.24, 2.45) is 0 Å². The average Bonchev–Trinajstić information content (AvgIpc) is 3.25. The van der Waals surface area contributed by atoms with Crippen LogP contribution in [0.1, 0.15) is 21.6 Å². The van der Waals surface area contributed by atoms with E-state index in [0.717, 1.165) is 9.90 Å². The van der Waals surface area contributed by atoms with Crippen LogP contribution < -0.4 is 14.8 Å². The third-order valence-corrected chi connectivity index (χ3v) is 6.55. The van der Waals surface area contributed by atoms with Gasteiger partial charge in [-0.05, 0) is 24.1 Å². The maximum absolute atomic E-state index is 12.2. The lowest BCUT2D eigenvalue weighted by Gasteiger charge is -2.10. The van der Waals surface area contributed by atoms with Gasteiger partial charge in [0.1, 0.15) is 0 Å². The molecule has 6 nitrogen and oxygen atoms in total. The molecule has 3 aromatic rings. The molecule has 0 unspecified atom stereocenters. The monoisotopic (exact) mass is 456 g/mol. The lowest BCUT2D eigenvalue weighted by atomic mass is 10.1. The van der Waals surface area contributed by atoms with Crippen molar-refractivity contribution in [2.45, 2.75) is 17.2 Å². The number of methoxy groups -OCH3 is 2. The number of carbonyl (C=O) groups excluding carboxylic acids is 2. The molecule has 0 bridgehead atoms. The Morgan fingerprint density at radius 2 is 1.84 bits per heavy atom. The molecule has 162 valence electrons. The molecule has 8 heteroatoms. The van der Waals surface area contributed by atoms with E-state index in [0.29, 0.717) is 41.5 Å². The van der Waals surface area contributed by atoms with Crippen LogP contribution in [-0.2, 0) is 17.6 Å². The van der Waals surface area contributed by atoms with Gasteiger partial charge in [-0.3, -0.25) is 9.59 Å². The molecular weight excluding hydrogens is 432 g/mol. The van der Waals surface area contributed by atoms with Crippen LogP contribution in [0.4, 0.5) is 0 Å². The Morgan fingerprint density at radius 3 is 2.58 bits per heavy atom. The van der Waals surface area contributed by atoms with Gasteiger partial charge < -0.3 is 14.8 Å². The zero-order valence-corrected chi connectivity index (χ0v) is 19.1. The summed E-state index contributed by atoms with van der Waals surface area (Å²) in [6.45, 7) is 0.519. The van der Waals surface area contributed by atoms with E-state index in [1.54, 1.807) is 14.2 Å². The van der Waals surface area contributed by atoms with Crippen LogP contribution in [-0.4, -0.2) is 43.2 Å². The number of hydrogen-bond acceptors (Lipinski definition) is 7. The molecule has 1 N–H and O–H groups in total. The van der Waals surface area contributed by atoms with Crippen LogP contribution in [0.3, 0.4) is 0 Å². The van der Waals surface area contributed by atoms with E-state index in [4.69, 9.17) is 9.47 Å². The van der Waals surface area contributed by atoms with E-state index in [-0.39, 0.29) is 18.1 Å². The highest BCUT2D eigenvalue weighted by atomic mass is 32.2. The lowest BCUT2D eigenvalue weighted by Crippen LogP contribution is -2.27. The lowest BCUT2D eigenvalue weighted by molar-refractivity contribution is -0.120. The Kier molecular flexibility index (Phi) is 8.49. The van der Waals surface area contributed by atoms with Gasteiger partial charge in [0.15, 0.2) is 21.6 Å². The van der Waals surface area contributed by atoms with Crippen molar-refractivity contribution in [2.75, 3.05) is 26.5 Å². The zero-order valence-electron chi connectivity index (χ0n) is 17.4. The number of carbonyl (C=O) groups is 2. The van der Waals surface area contributed by atoms with Crippen LogP contribution in [0.15, 0.2) is 58.3 Å². The minimum atomic E-state index is -0.0808. The third-order valence-electron chi connectivity index (χ3n) is 4.48. The maximum Gasteiger partial charge on any atom is 0.226 e. The molecular formula is C23H24N2O4S2. The number of benzene rings is 2. The summed E-state index contributed by atoms with van der Waals surface area (Å²) in [5, 5.41) is 4.78. The van der Waals surface area contributed by atoms with Crippen molar-refractivity contribution in [3.05, 3.63) is 70.7 Å². The minimum absolute atomic E-state index is 0.0651. The number of aromatic nitrogens is 1. The quantitative estimate of drug-likeness (QED) is 0.347. The summed E-state index contributed by atoms with van der Waals surface area (Å²) in [5.74, 6) is 1.66. The number of ether oxygens (including phenoxy) is 2. The second-order valence-corrected chi connectivity index (χ2v) is 8.73. The first kappa shape index (κ1) is 22.8. The van der Waals surface area contributed by atoms with E-state index in [9.17, 15) is 9.59 Å². The molecule has 1 aromatic heterocycles. The second-order valence-electron chi connectivity index (χ2n) is 6.65. The van der Waals surface area contributed by atoms with Gasteiger partial charge in [-0.15, -0.1) is 11.3 Å². The number of thiazole rings is 1. The van der Waals surface area contributed by atoms with Crippen LogP contribution in [0.25, 0.3) is 0 Å². The summed E-state index contributed by atoms with van der Waals surface area (Å²) >= 11 is 2.85. The summed E-state index contributed by atoms with van der Waals surface area (Å²) in [4.78, 5) is 28.9. The number of rotatable bonds is 11. The molecule has 0 radical (unpaired) electrons. The minimum Gasteiger partial charge on any atom is -0.493 e. The molecule has 0 aliphatic heterocycles. The van der Waals surface area contributed by atoms with Gasteiger partial charge in [-0.1, -0.05) is 48.2 Å². The van der Waals surface area contributed by atoms with Gasteiger partial charge >= 0.3 is 0 Å². The van der Waals surface area contributed by atoms with Gasteiger partial charge in [0, 0.05) is 17.5 Å². The summed E-state index contributed by atoms with van der Waals surface area (Å²) in [6, 6.07) is 14.9. The number of nitrogens with zero attached hydrogens (tertiary/aromatic N) is 1. The summed E-state index contributed by atoms with van der Waals surface area (Å²) in [5.41, 5.74) is 2.46. The summed E-state index contributed by atoms with van der Waals surface area (Å²) < 4.78 is 11.3. The van der Waals surface area contributed by atoms with Crippen molar-refractivity contribution >= 4 is 34.8 Å². The summed E-state index contributed by atoms with van der Waals surface area (Å²) in [6.07, 6.45) is 0.904. The first-order valence-electron chi connectivity index (χ1n) is 9.72. The molecule has 0 spiro atoms. The Bertz CT molecular complexity index is 1020. The molecule has 0 aliphatic rings. The van der Waals surface area contributed by atoms with E-state index in [1.807, 2.05) is 53.9 Å². The molecule has 1 amide bonds. The van der Waals surface area contributed by atoms with Crippen molar-refractivity contribution in [3.63, 3.8) is 0 Å². The molecule has 0 saturated heterocycles. The molecule has 3 rings (SSSR count). The largest absolute Gasteiger partial charge is 0.493 e.